The molecule has 0 N–H and O–H groups in total. The van der Waals surface area contributed by atoms with E-state index in [0.29, 0.717) is 0 Å². The monoisotopic (exact) mass is 210 g/mol. The minimum atomic E-state index is -4.60. The third-order valence-corrected chi connectivity index (χ3v) is 2.12. The van der Waals surface area contributed by atoms with E-state index in [2.05, 4.69) is 0 Å². The third kappa shape index (κ3) is 14.7. The van der Waals surface area contributed by atoms with Crippen LogP contribution in [0.15, 0.2) is 0 Å². The van der Waals surface area contributed by atoms with Crippen molar-refractivity contribution in [2.24, 2.45) is 0 Å². The summed E-state index contributed by atoms with van der Waals surface area (Å²) in [5.74, 6) is 0. The van der Waals surface area contributed by atoms with Crippen molar-refractivity contribution in [3.8, 4) is 0 Å². The van der Waals surface area contributed by atoms with E-state index in [-0.39, 0.29) is 56.1 Å². The van der Waals surface area contributed by atoms with E-state index in [1.807, 2.05) is 0 Å². The molecular weight excluding hydrogens is 199 g/mol. The molecule has 0 amide bonds. The molecule has 0 saturated carbocycles. The van der Waals surface area contributed by atoms with Crippen molar-refractivity contribution < 1.29 is 64.3 Å². The zero-order valence-electron chi connectivity index (χ0n) is 7.33. The van der Waals surface area contributed by atoms with Crippen LogP contribution in [0.1, 0.15) is 20.8 Å². The van der Waals surface area contributed by atoms with Gasteiger partial charge in [0.1, 0.15) is 0 Å². The molecule has 0 fully saturated rings. The first kappa shape index (κ1) is 15.3. The standard InChI is InChI=1S/C5H11BF3S.K/c1-5(2,3)10-4-6(7,8)9;/h4H2,1-3H3;/q-1;+1. The van der Waals surface area contributed by atoms with Gasteiger partial charge in [-0.1, -0.05) is 20.8 Å². The summed E-state index contributed by atoms with van der Waals surface area (Å²) in [5, 5.41) is 0. The number of hydrogen-bond donors (Lipinski definition) is 0. The molecule has 11 heavy (non-hydrogen) atoms. The second-order valence-corrected chi connectivity index (χ2v) is 4.98. The van der Waals surface area contributed by atoms with Crippen molar-refractivity contribution >= 4 is 18.7 Å². The van der Waals surface area contributed by atoms with Gasteiger partial charge in [0.05, 0.1) is 0 Å². The molecule has 0 bridgehead atoms. The molecule has 62 valence electrons. The van der Waals surface area contributed by atoms with Gasteiger partial charge in [-0.05, 0) is 5.65 Å². The molecule has 0 aromatic heterocycles. The molecule has 0 aromatic rings. The van der Waals surface area contributed by atoms with Gasteiger partial charge in [0.25, 0.3) is 0 Å². The first-order chi connectivity index (χ1) is 4.21. The Hall–Kier alpha value is 1.84. The molecule has 0 aromatic carbocycles. The van der Waals surface area contributed by atoms with Crippen molar-refractivity contribution in [2.75, 3.05) is 5.65 Å². The Morgan fingerprint density at radius 2 is 1.55 bits per heavy atom. The van der Waals surface area contributed by atoms with Gasteiger partial charge >= 0.3 is 58.4 Å². The summed E-state index contributed by atoms with van der Waals surface area (Å²) < 4.78 is 34.6. The van der Waals surface area contributed by atoms with E-state index >= 15 is 0 Å². The van der Waals surface area contributed by atoms with Crippen molar-refractivity contribution in [2.45, 2.75) is 25.5 Å². The van der Waals surface area contributed by atoms with Crippen molar-refractivity contribution in [1.82, 2.24) is 0 Å². The zero-order chi connectivity index (χ0) is 8.41. The average Bonchev–Trinajstić information content (AvgIpc) is 1.57. The van der Waals surface area contributed by atoms with Gasteiger partial charge in [-0.2, -0.15) is 11.8 Å². The summed E-state index contributed by atoms with van der Waals surface area (Å²) in [6, 6.07) is 0. The number of hydrogen-bond acceptors (Lipinski definition) is 1. The molecule has 0 unspecified atom stereocenters. The molecule has 0 spiro atoms. The van der Waals surface area contributed by atoms with Gasteiger partial charge in [0.2, 0.25) is 0 Å². The second-order valence-electron chi connectivity index (χ2n) is 3.13. The topological polar surface area (TPSA) is 0 Å². The molecule has 0 radical (unpaired) electrons. The van der Waals surface area contributed by atoms with Crippen LogP contribution in [-0.4, -0.2) is 17.4 Å². The summed E-state index contributed by atoms with van der Waals surface area (Å²) in [5.41, 5.74) is -0.691. The number of rotatable bonds is 2. The van der Waals surface area contributed by atoms with Gasteiger partial charge < -0.3 is 12.9 Å². The Kier molecular flexibility index (Phi) is 7.72. The molecule has 0 heterocycles. The van der Waals surface area contributed by atoms with E-state index < -0.39 is 12.6 Å². The molecular formula is C5H11BF3KS. The van der Waals surface area contributed by atoms with E-state index in [4.69, 9.17) is 0 Å². The van der Waals surface area contributed by atoms with E-state index in [0.717, 1.165) is 11.8 Å². The van der Waals surface area contributed by atoms with Crippen LogP contribution in [0.3, 0.4) is 0 Å². The van der Waals surface area contributed by atoms with Crippen LogP contribution in [0.2, 0.25) is 0 Å². The van der Waals surface area contributed by atoms with Gasteiger partial charge in [0.15, 0.2) is 0 Å². The fourth-order valence-corrected chi connectivity index (χ4v) is 1.03. The van der Waals surface area contributed by atoms with E-state index in [1.54, 1.807) is 20.8 Å². The molecule has 0 aliphatic rings. The first-order valence-corrected chi connectivity index (χ1v) is 4.04. The van der Waals surface area contributed by atoms with E-state index in [1.165, 1.54) is 0 Å². The van der Waals surface area contributed by atoms with Crippen molar-refractivity contribution in [3.05, 3.63) is 0 Å². The Morgan fingerprint density at radius 1 is 1.18 bits per heavy atom. The Bertz CT molecular complexity index is 95.3. The van der Waals surface area contributed by atoms with Gasteiger partial charge in [0, 0.05) is 4.75 Å². The van der Waals surface area contributed by atoms with Gasteiger partial charge in [-0.25, -0.2) is 0 Å². The molecule has 6 heteroatoms. The van der Waals surface area contributed by atoms with Crippen LogP contribution < -0.4 is 51.4 Å². The smallest absolute Gasteiger partial charge is 0.448 e. The summed E-state index contributed by atoms with van der Waals surface area (Å²) in [4.78, 5) is 0. The van der Waals surface area contributed by atoms with Crippen LogP contribution >= 0.6 is 11.8 Å². The predicted molar refractivity (Wildman–Crippen MR) is 41.3 cm³/mol. The van der Waals surface area contributed by atoms with E-state index in [9.17, 15) is 12.9 Å². The van der Waals surface area contributed by atoms with Crippen LogP contribution in [0.5, 0.6) is 0 Å². The van der Waals surface area contributed by atoms with Gasteiger partial charge in [-0.3, -0.25) is 0 Å². The maximum absolute atomic E-state index is 11.6. The minimum Gasteiger partial charge on any atom is -0.448 e. The number of halogens is 3. The first-order valence-electron chi connectivity index (χ1n) is 3.06. The second kappa shape index (κ2) is 5.55. The Morgan fingerprint density at radius 3 is 1.64 bits per heavy atom. The fraction of sp³-hybridized carbons (Fsp3) is 1.00. The fourth-order valence-electron chi connectivity index (χ4n) is 0.344. The Labute approximate surface area is 113 Å². The molecule has 0 aliphatic heterocycles. The molecule has 0 nitrogen and oxygen atoms in total. The molecule has 0 saturated heterocycles. The quantitative estimate of drug-likeness (QED) is 0.574. The maximum Gasteiger partial charge on any atom is 1.00 e. The minimum absolute atomic E-state index is 0. The summed E-state index contributed by atoms with van der Waals surface area (Å²) in [6.07, 6.45) is 0. The van der Waals surface area contributed by atoms with Crippen LogP contribution in [-0.2, 0) is 0 Å². The predicted octanol–water partition coefficient (Wildman–Crippen LogP) is -0.0913. The SMILES string of the molecule is CC(C)(C)SC[B-](F)(F)F.[K+]. The molecule has 0 atom stereocenters. The van der Waals surface area contributed by atoms with Crippen LogP contribution in [0.25, 0.3) is 0 Å². The third-order valence-electron chi connectivity index (χ3n) is 0.705. The zero-order valence-corrected chi connectivity index (χ0v) is 11.3. The maximum atomic E-state index is 11.6. The number of thioether (sulfide) groups is 1. The summed E-state index contributed by atoms with van der Waals surface area (Å²) in [7, 11) is 0. The summed E-state index contributed by atoms with van der Waals surface area (Å²) >= 11 is 0.943. The van der Waals surface area contributed by atoms with Gasteiger partial charge in [-0.15, -0.1) is 0 Å². The summed E-state index contributed by atoms with van der Waals surface area (Å²) in [6.45, 7) is 0.729. The Balaban J connectivity index is 0. The van der Waals surface area contributed by atoms with Crippen LogP contribution in [0.4, 0.5) is 12.9 Å². The largest absolute Gasteiger partial charge is 1.00 e. The van der Waals surface area contributed by atoms with Crippen LogP contribution in [0, 0.1) is 0 Å². The van der Waals surface area contributed by atoms with Crippen molar-refractivity contribution in [1.29, 1.82) is 0 Å². The van der Waals surface area contributed by atoms with Crippen molar-refractivity contribution in [3.63, 3.8) is 0 Å². The normalized spacial score (nSPS) is 12.5. The molecule has 0 aliphatic carbocycles. The average molecular weight is 210 g/mol. The molecule has 0 rings (SSSR count).